The number of nitrogens with zero attached hydrogens (tertiary/aromatic N) is 1. The molecule has 0 atom stereocenters. The zero-order chi connectivity index (χ0) is 9.68. The molecule has 0 aliphatic carbocycles. The van der Waals surface area contributed by atoms with Crippen molar-refractivity contribution in [2.24, 2.45) is 5.18 Å². The summed E-state index contributed by atoms with van der Waals surface area (Å²) in [5.41, 5.74) is 2.31. The highest BCUT2D eigenvalue weighted by Gasteiger charge is 1.96. The maximum absolute atomic E-state index is 9.82. The smallest absolute Gasteiger partial charge is 0.0720 e. The van der Waals surface area contributed by atoms with Crippen LogP contribution in [0.4, 0.5) is 0 Å². The Hall–Kier alpha value is -1.44. The third kappa shape index (κ3) is 2.82. The van der Waals surface area contributed by atoms with Crippen LogP contribution in [-0.4, -0.2) is 0 Å². The van der Waals surface area contributed by atoms with Gasteiger partial charge in [0.15, 0.2) is 0 Å². The Labute approximate surface area is 78.3 Å². The van der Waals surface area contributed by atoms with Crippen molar-refractivity contribution in [3.8, 4) is 0 Å². The lowest BCUT2D eigenvalue weighted by Gasteiger charge is -2.04. The minimum Gasteiger partial charge on any atom is -0.145 e. The Morgan fingerprint density at radius 2 is 1.85 bits per heavy atom. The van der Waals surface area contributed by atoms with E-state index in [-0.39, 0.29) is 0 Å². The van der Waals surface area contributed by atoms with Crippen LogP contribution in [0.3, 0.4) is 0 Å². The monoisotopic (exact) mass is 175 g/mol. The van der Waals surface area contributed by atoms with Gasteiger partial charge in [0.2, 0.25) is 0 Å². The summed E-state index contributed by atoms with van der Waals surface area (Å²) < 4.78 is 0. The van der Waals surface area contributed by atoms with Crippen molar-refractivity contribution in [3.63, 3.8) is 0 Å². The summed E-state index contributed by atoms with van der Waals surface area (Å²) >= 11 is 0. The standard InChI is InChI=1S/C11H13NO/c1-9(2)11-5-3-10(4-6-11)7-8-12-13/h3-9H,1-2H3/b8-7+. The van der Waals surface area contributed by atoms with E-state index in [2.05, 4.69) is 31.2 Å². The molecule has 1 rings (SSSR count). The van der Waals surface area contributed by atoms with Gasteiger partial charge in [0.25, 0.3) is 0 Å². The molecular formula is C11H13NO. The van der Waals surface area contributed by atoms with E-state index in [1.54, 1.807) is 6.08 Å². The van der Waals surface area contributed by atoms with Crippen LogP contribution in [-0.2, 0) is 0 Å². The highest BCUT2D eigenvalue weighted by molar-refractivity contribution is 5.49. The molecule has 0 fully saturated rings. The maximum atomic E-state index is 9.82. The van der Waals surface area contributed by atoms with E-state index < -0.39 is 0 Å². The third-order valence-electron chi connectivity index (χ3n) is 1.93. The minimum absolute atomic E-state index is 0.544. The van der Waals surface area contributed by atoms with E-state index in [9.17, 15) is 4.91 Å². The van der Waals surface area contributed by atoms with Gasteiger partial charge in [0.1, 0.15) is 0 Å². The number of hydrogen-bond acceptors (Lipinski definition) is 2. The summed E-state index contributed by atoms with van der Waals surface area (Å²) in [7, 11) is 0. The van der Waals surface area contributed by atoms with Crippen molar-refractivity contribution in [2.75, 3.05) is 0 Å². The summed E-state index contributed by atoms with van der Waals surface area (Å²) in [5.74, 6) is 0.544. The average molecular weight is 175 g/mol. The Balaban J connectivity index is 2.81. The topological polar surface area (TPSA) is 29.4 Å². The number of nitroso groups, excluding NO2 is 1. The quantitative estimate of drug-likeness (QED) is 0.646. The first-order chi connectivity index (χ1) is 6.24. The van der Waals surface area contributed by atoms with Crippen LogP contribution in [0.5, 0.6) is 0 Å². The second-order valence-corrected chi connectivity index (χ2v) is 3.24. The molecule has 2 nitrogen and oxygen atoms in total. The molecule has 0 unspecified atom stereocenters. The molecule has 2 heteroatoms. The molecule has 0 bridgehead atoms. The predicted octanol–water partition coefficient (Wildman–Crippen LogP) is 3.55. The first-order valence-corrected chi connectivity index (χ1v) is 4.33. The lowest BCUT2D eigenvalue weighted by molar-refractivity contribution is 0.866. The Morgan fingerprint density at radius 3 is 2.31 bits per heavy atom. The first-order valence-electron chi connectivity index (χ1n) is 4.33. The number of hydrogen-bond donors (Lipinski definition) is 0. The summed E-state index contributed by atoms with van der Waals surface area (Å²) in [4.78, 5) is 9.82. The van der Waals surface area contributed by atoms with Crippen molar-refractivity contribution in [1.29, 1.82) is 0 Å². The molecule has 0 aliphatic heterocycles. The molecule has 0 spiro atoms. The van der Waals surface area contributed by atoms with Crippen LogP contribution in [0, 0.1) is 4.91 Å². The molecule has 0 radical (unpaired) electrons. The highest BCUT2D eigenvalue weighted by atomic mass is 16.2. The fraction of sp³-hybridized carbons (Fsp3) is 0.273. The average Bonchev–Trinajstić information content (AvgIpc) is 2.15. The lowest BCUT2D eigenvalue weighted by Crippen LogP contribution is -1.85. The van der Waals surface area contributed by atoms with Crippen molar-refractivity contribution in [2.45, 2.75) is 19.8 Å². The van der Waals surface area contributed by atoms with Gasteiger partial charge in [-0.05, 0) is 28.3 Å². The zero-order valence-electron chi connectivity index (χ0n) is 7.90. The van der Waals surface area contributed by atoms with Crippen molar-refractivity contribution >= 4 is 6.08 Å². The van der Waals surface area contributed by atoms with Crippen LogP contribution in [0.2, 0.25) is 0 Å². The molecule has 0 saturated heterocycles. The highest BCUT2D eigenvalue weighted by Crippen LogP contribution is 2.15. The van der Waals surface area contributed by atoms with Crippen LogP contribution < -0.4 is 0 Å². The van der Waals surface area contributed by atoms with E-state index in [0.29, 0.717) is 5.92 Å². The van der Waals surface area contributed by atoms with E-state index >= 15 is 0 Å². The fourth-order valence-electron chi connectivity index (χ4n) is 1.11. The SMILES string of the molecule is CC(C)c1ccc(/C=C/N=O)cc1. The van der Waals surface area contributed by atoms with Gasteiger partial charge in [-0.3, -0.25) is 0 Å². The molecule has 0 aromatic heterocycles. The third-order valence-corrected chi connectivity index (χ3v) is 1.93. The first kappa shape index (κ1) is 9.65. The van der Waals surface area contributed by atoms with Gasteiger partial charge >= 0.3 is 0 Å². The summed E-state index contributed by atoms with van der Waals surface area (Å²) in [5, 5.41) is 2.66. The zero-order valence-corrected chi connectivity index (χ0v) is 7.90. The molecular weight excluding hydrogens is 162 g/mol. The van der Waals surface area contributed by atoms with Crippen LogP contribution in [0.25, 0.3) is 6.08 Å². The van der Waals surface area contributed by atoms with E-state index in [4.69, 9.17) is 0 Å². The van der Waals surface area contributed by atoms with Gasteiger partial charge in [0, 0.05) is 0 Å². The summed E-state index contributed by atoms with van der Waals surface area (Å²) in [6, 6.07) is 8.10. The predicted molar refractivity (Wildman–Crippen MR) is 55.4 cm³/mol. The van der Waals surface area contributed by atoms with Gasteiger partial charge in [-0.25, -0.2) is 0 Å². The van der Waals surface area contributed by atoms with Gasteiger partial charge in [0.05, 0.1) is 6.20 Å². The Kier molecular flexibility index (Phi) is 3.38. The van der Waals surface area contributed by atoms with Crippen molar-refractivity contribution < 1.29 is 0 Å². The summed E-state index contributed by atoms with van der Waals surface area (Å²) in [6.07, 6.45) is 2.95. The van der Waals surface area contributed by atoms with Crippen molar-refractivity contribution in [1.82, 2.24) is 0 Å². The van der Waals surface area contributed by atoms with Gasteiger partial charge < -0.3 is 0 Å². The molecule has 13 heavy (non-hydrogen) atoms. The van der Waals surface area contributed by atoms with E-state index in [0.717, 1.165) is 5.56 Å². The van der Waals surface area contributed by atoms with Gasteiger partial charge in [-0.15, -0.1) is 4.91 Å². The van der Waals surface area contributed by atoms with Crippen molar-refractivity contribution in [3.05, 3.63) is 46.5 Å². The molecule has 0 saturated carbocycles. The van der Waals surface area contributed by atoms with E-state index in [1.165, 1.54) is 11.8 Å². The van der Waals surface area contributed by atoms with Gasteiger partial charge in [-0.1, -0.05) is 38.1 Å². The summed E-state index contributed by atoms with van der Waals surface area (Å²) in [6.45, 7) is 4.30. The molecule has 0 N–H and O–H groups in total. The molecule has 1 aromatic rings. The fourth-order valence-corrected chi connectivity index (χ4v) is 1.11. The van der Waals surface area contributed by atoms with Gasteiger partial charge in [-0.2, -0.15) is 0 Å². The van der Waals surface area contributed by atoms with Crippen LogP contribution in [0.15, 0.2) is 35.6 Å². The van der Waals surface area contributed by atoms with Crippen LogP contribution >= 0.6 is 0 Å². The molecule has 0 amide bonds. The lowest BCUT2D eigenvalue weighted by atomic mass is 10.0. The second kappa shape index (κ2) is 4.55. The second-order valence-electron chi connectivity index (χ2n) is 3.24. The molecule has 0 aliphatic rings. The normalized spacial score (nSPS) is 11.0. The van der Waals surface area contributed by atoms with E-state index in [1.807, 2.05) is 12.1 Å². The molecule has 68 valence electrons. The largest absolute Gasteiger partial charge is 0.145 e. The Bertz CT molecular complexity index is 298. The molecule has 0 heterocycles. The maximum Gasteiger partial charge on any atom is 0.0720 e. The number of rotatable bonds is 3. The Morgan fingerprint density at radius 1 is 1.23 bits per heavy atom. The van der Waals surface area contributed by atoms with Crippen LogP contribution in [0.1, 0.15) is 30.9 Å². The molecule has 1 aromatic carbocycles. The number of benzene rings is 1. The minimum atomic E-state index is 0.544.